The minimum absolute atomic E-state index is 0. The Morgan fingerprint density at radius 3 is 2.83 bits per heavy atom. The summed E-state index contributed by atoms with van der Waals surface area (Å²) in [6.07, 6.45) is 0.788. The van der Waals surface area contributed by atoms with E-state index in [4.69, 9.17) is 4.52 Å². The number of aromatic nitrogens is 2. The predicted molar refractivity (Wildman–Crippen MR) is 75.6 cm³/mol. The fraction of sp³-hybridized carbons (Fsp3) is 0.500. The lowest BCUT2D eigenvalue weighted by Gasteiger charge is -2.05. The largest absolute Gasteiger partial charge is 0.339 e. The molecule has 0 aliphatic rings. The van der Waals surface area contributed by atoms with Crippen LogP contribution in [0.25, 0.3) is 0 Å². The summed E-state index contributed by atoms with van der Waals surface area (Å²) in [5.41, 5.74) is 1.23. The van der Waals surface area contributed by atoms with Crippen molar-refractivity contribution in [1.82, 2.24) is 15.5 Å². The van der Waals surface area contributed by atoms with E-state index in [1.54, 1.807) is 11.3 Å². The first-order chi connectivity index (χ1) is 8.20. The zero-order valence-corrected chi connectivity index (χ0v) is 12.3. The molecule has 0 aliphatic carbocycles. The van der Waals surface area contributed by atoms with Crippen LogP contribution in [0.5, 0.6) is 0 Å². The van der Waals surface area contributed by atoms with Gasteiger partial charge in [0.2, 0.25) is 5.89 Å². The van der Waals surface area contributed by atoms with Gasteiger partial charge in [-0.25, -0.2) is 0 Å². The highest BCUT2D eigenvalue weighted by Crippen LogP contribution is 2.24. The molecule has 1 N–H and O–H groups in total. The van der Waals surface area contributed by atoms with E-state index in [-0.39, 0.29) is 18.3 Å². The van der Waals surface area contributed by atoms with Crippen LogP contribution in [0.1, 0.15) is 37.0 Å². The molecule has 2 heterocycles. The summed E-state index contributed by atoms with van der Waals surface area (Å²) in [6, 6.07) is 2.45. The van der Waals surface area contributed by atoms with Crippen molar-refractivity contribution < 1.29 is 4.52 Å². The summed E-state index contributed by atoms with van der Waals surface area (Å²) in [6.45, 7) is 4.18. The molecule has 2 rings (SSSR count). The lowest BCUT2D eigenvalue weighted by Crippen LogP contribution is -2.24. The van der Waals surface area contributed by atoms with Crippen LogP contribution in [-0.4, -0.2) is 23.2 Å². The van der Waals surface area contributed by atoms with E-state index < -0.39 is 0 Å². The number of rotatable bonds is 5. The molecule has 0 bridgehead atoms. The van der Waals surface area contributed by atoms with Crippen molar-refractivity contribution >= 4 is 23.7 Å². The van der Waals surface area contributed by atoms with Crippen molar-refractivity contribution in [3.63, 3.8) is 0 Å². The number of nitrogens with one attached hydrogen (secondary N) is 1. The molecule has 0 saturated heterocycles. The lowest BCUT2D eigenvalue weighted by molar-refractivity contribution is 0.364. The molecule has 4 nitrogen and oxygen atoms in total. The van der Waals surface area contributed by atoms with Gasteiger partial charge < -0.3 is 9.84 Å². The highest BCUT2D eigenvalue weighted by molar-refractivity contribution is 7.08. The molecule has 2 aromatic heterocycles. The monoisotopic (exact) mass is 287 g/mol. The van der Waals surface area contributed by atoms with Crippen molar-refractivity contribution in [3.05, 3.63) is 34.1 Å². The molecule has 0 radical (unpaired) electrons. The maximum Gasteiger partial charge on any atom is 0.233 e. The van der Waals surface area contributed by atoms with E-state index in [1.165, 1.54) is 5.56 Å². The Kier molecular flexibility index (Phi) is 5.78. The Labute approximate surface area is 117 Å². The Morgan fingerprint density at radius 2 is 2.22 bits per heavy atom. The molecule has 0 amide bonds. The normalized spacial score (nSPS) is 13.9. The van der Waals surface area contributed by atoms with E-state index in [0.29, 0.717) is 11.9 Å². The highest BCUT2D eigenvalue weighted by atomic mass is 35.5. The molecular weight excluding hydrogens is 270 g/mol. The molecule has 18 heavy (non-hydrogen) atoms. The molecule has 2 aromatic rings. The quantitative estimate of drug-likeness (QED) is 0.919. The van der Waals surface area contributed by atoms with Gasteiger partial charge in [-0.1, -0.05) is 5.16 Å². The summed E-state index contributed by atoms with van der Waals surface area (Å²) in [5.74, 6) is 1.64. The first-order valence-corrected chi connectivity index (χ1v) is 6.66. The SMILES string of the molecule is CNC(C)Cc1noc(C(C)c2ccsc2)n1.Cl. The second-order valence-corrected chi connectivity index (χ2v) is 5.00. The Hall–Kier alpha value is -0.910. The maximum atomic E-state index is 5.31. The van der Waals surface area contributed by atoms with Gasteiger partial charge in [-0.05, 0) is 43.3 Å². The standard InChI is InChI=1S/C12H17N3OS.ClH/c1-8(13-3)6-11-14-12(16-15-11)9(2)10-4-5-17-7-10;/h4-5,7-9,13H,6H2,1-3H3;1H. The Morgan fingerprint density at radius 1 is 1.44 bits per heavy atom. The second kappa shape index (κ2) is 6.87. The van der Waals surface area contributed by atoms with E-state index in [1.807, 2.05) is 7.05 Å². The minimum atomic E-state index is 0. The van der Waals surface area contributed by atoms with Crippen molar-refractivity contribution in [2.75, 3.05) is 7.05 Å². The van der Waals surface area contributed by atoms with Gasteiger partial charge in [0.1, 0.15) is 0 Å². The number of halogens is 1. The molecule has 0 aliphatic heterocycles. The van der Waals surface area contributed by atoms with Gasteiger partial charge in [0.25, 0.3) is 0 Å². The number of hydrogen-bond acceptors (Lipinski definition) is 5. The maximum absolute atomic E-state index is 5.31. The number of hydrogen-bond donors (Lipinski definition) is 1. The average Bonchev–Trinajstić information content (AvgIpc) is 2.98. The van der Waals surface area contributed by atoms with Crippen LogP contribution in [0.2, 0.25) is 0 Å². The van der Waals surface area contributed by atoms with E-state index >= 15 is 0 Å². The zero-order valence-electron chi connectivity index (χ0n) is 10.7. The summed E-state index contributed by atoms with van der Waals surface area (Å²) >= 11 is 1.68. The summed E-state index contributed by atoms with van der Waals surface area (Å²) < 4.78 is 5.31. The smallest absolute Gasteiger partial charge is 0.233 e. The zero-order chi connectivity index (χ0) is 12.3. The number of likely N-dealkylation sites (N-methyl/N-ethyl adjacent to an activating group) is 1. The van der Waals surface area contributed by atoms with Crippen molar-refractivity contribution in [2.24, 2.45) is 0 Å². The molecule has 2 unspecified atom stereocenters. The summed E-state index contributed by atoms with van der Waals surface area (Å²) in [7, 11) is 1.93. The fourth-order valence-electron chi connectivity index (χ4n) is 1.57. The van der Waals surface area contributed by atoms with Crippen molar-refractivity contribution in [3.8, 4) is 0 Å². The van der Waals surface area contributed by atoms with Crippen LogP contribution in [0, 0.1) is 0 Å². The van der Waals surface area contributed by atoms with Gasteiger partial charge >= 0.3 is 0 Å². The second-order valence-electron chi connectivity index (χ2n) is 4.22. The average molecular weight is 288 g/mol. The lowest BCUT2D eigenvalue weighted by atomic mass is 10.1. The number of nitrogens with zero attached hydrogens (tertiary/aromatic N) is 2. The van der Waals surface area contributed by atoms with Gasteiger partial charge in [-0.3, -0.25) is 0 Å². The molecular formula is C12H18ClN3OS. The van der Waals surface area contributed by atoms with Crippen LogP contribution in [0.4, 0.5) is 0 Å². The van der Waals surface area contributed by atoms with Gasteiger partial charge in [0, 0.05) is 12.5 Å². The van der Waals surface area contributed by atoms with E-state index in [2.05, 4.69) is 46.1 Å². The molecule has 100 valence electrons. The summed E-state index contributed by atoms with van der Waals surface area (Å²) in [4.78, 5) is 4.44. The van der Waals surface area contributed by atoms with Crippen molar-refractivity contribution in [1.29, 1.82) is 0 Å². The van der Waals surface area contributed by atoms with E-state index in [9.17, 15) is 0 Å². The fourth-order valence-corrected chi connectivity index (χ4v) is 2.32. The van der Waals surface area contributed by atoms with Gasteiger partial charge in [0.05, 0.1) is 5.92 Å². The molecule has 0 fully saturated rings. The van der Waals surface area contributed by atoms with Crippen LogP contribution in [0.15, 0.2) is 21.3 Å². The third kappa shape index (κ3) is 3.54. The first-order valence-electron chi connectivity index (χ1n) is 5.72. The van der Waals surface area contributed by atoms with E-state index in [0.717, 1.165) is 12.2 Å². The molecule has 0 saturated carbocycles. The van der Waals surface area contributed by atoms with Crippen molar-refractivity contribution in [2.45, 2.75) is 32.2 Å². The molecule has 6 heteroatoms. The molecule has 2 atom stereocenters. The van der Waals surface area contributed by atoms with Gasteiger partial charge in [-0.15, -0.1) is 12.4 Å². The van der Waals surface area contributed by atoms with Crippen LogP contribution < -0.4 is 5.32 Å². The third-order valence-corrected chi connectivity index (χ3v) is 3.58. The first kappa shape index (κ1) is 15.1. The number of thiophene rings is 1. The Balaban J connectivity index is 0.00000162. The highest BCUT2D eigenvalue weighted by Gasteiger charge is 2.17. The van der Waals surface area contributed by atoms with Gasteiger partial charge in [-0.2, -0.15) is 16.3 Å². The Bertz CT molecular complexity index is 458. The van der Waals surface area contributed by atoms with Gasteiger partial charge in [0.15, 0.2) is 5.82 Å². The topological polar surface area (TPSA) is 51.0 Å². The minimum Gasteiger partial charge on any atom is -0.339 e. The van der Waals surface area contributed by atoms with Crippen LogP contribution in [0.3, 0.4) is 0 Å². The molecule has 0 spiro atoms. The molecule has 0 aromatic carbocycles. The third-order valence-electron chi connectivity index (χ3n) is 2.88. The van der Waals surface area contributed by atoms with Crippen LogP contribution >= 0.6 is 23.7 Å². The predicted octanol–water partition coefficient (Wildman–Crippen LogP) is 2.86. The summed E-state index contributed by atoms with van der Waals surface area (Å²) in [5, 5.41) is 11.3. The van der Waals surface area contributed by atoms with Crippen LogP contribution in [-0.2, 0) is 6.42 Å².